The number of halogens is 1. The van der Waals surface area contributed by atoms with Crippen LogP contribution in [-0.2, 0) is 0 Å². The van der Waals surface area contributed by atoms with Gasteiger partial charge in [0.15, 0.2) is 5.75 Å². The molecular formula is C11H11ClO2S. The molecule has 1 aromatic rings. The van der Waals surface area contributed by atoms with Crippen molar-refractivity contribution in [2.75, 3.05) is 12.9 Å². The van der Waals surface area contributed by atoms with Crippen LogP contribution in [0.1, 0.15) is 0 Å². The van der Waals surface area contributed by atoms with Gasteiger partial charge in [0.05, 0.1) is 12.0 Å². The predicted octanol–water partition coefficient (Wildman–Crippen LogP) is 2.90. The van der Waals surface area contributed by atoms with Gasteiger partial charge in [-0.05, 0) is 12.1 Å². The van der Waals surface area contributed by atoms with Crippen molar-refractivity contribution in [3.63, 3.8) is 0 Å². The second kappa shape index (κ2) is 5.83. The van der Waals surface area contributed by atoms with Crippen LogP contribution in [0.2, 0.25) is 0 Å². The first-order chi connectivity index (χ1) is 7.15. The van der Waals surface area contributed by atoms with Gasteiger partial charge >= 0.3 is 0 Å². The molecule has 1 rings (SSSR count). The molecular weight excluding hydrogens is 232 g/mol. The lowest BCUT2D eigenvalue weighted by Gasteiger charge is -1.97. The Morgan fingerprint density at radius 2 is 2.20 bits per heavy atom. The molecule has 0 heterocycles. The Hall–Kier alpha value is -0.930. The SMILES string of the molecule is C=C(Cl)CSc1ccccc(OC)c1=O. The lowest BCUT2D eigenvalue weighted by atomic mass is 10.4. The van der Waals surface area contributed by atoms with Crippen molar-refractivity contribution in [3.05, 3.63) is 46.1 Å². The van der Waals surface area contributed by atoms with Gasteiger partial charge in [-0.25, -0.2) is 0 Å². The normalized spacial score (nSPS) is 9.73. The van der Waals surface area contributed by atoms with Crippen LogP contribution >= 0.6 is 23.4 Å². The first-order valence-electron chi connectivity index (χ1n) is 4.28. The molecule has 0 saturated heterocycles. The number of methoxy groups -OCH3 is 1. The third-order valence-corrected chi connectivity index (χ3v) is 3.08. The summed E-state index contributed by atoms with van der Waals surface area (Å²) in [5, 5.41) is 0.518. The van der Waals surface area contributed by atoms with Crippen molar-refractivity contribution in [2.24, 2.45) is 0 Å². The molecule has 0 amide bonds. The predicted molar refractivity (Wildman–Crippen MR) is 65.0 cm³/mol. The van der Waals surface area contributed by atoms with E-state index in [0.29, 0.717) is 21.4 Å². The van der Waals surface area contributed by atoms with Crippen molar-refractivity contribution in [3.8, 4) is 5.75 Å². The summed E-state index contributed by atoms with van der Waals surface area (Å²) in [6.45, 7) is 3.57. The van der Waals surface area contributed by atoms with E-state index < -0.39 is 0 Å². The summed E-state index contributed by atoms with van der Waals surface area (Å²) in [5.41, 5.74) is -0.120. The minimum atomic E-state index is -0.120. The van der Waals surface area contributed by atoms with Gasteiger partial charge in [-0.3, -0.25) is 4.79 Å². The first kappa shape index (κ1) is 12.1. The zero-order valence-corrected chi connectivity index (χ0v) is 9.90. The number of ether oxygens (including phenoxy) is 1. The minimum Gasteiger partial charge on any atom is -0.493 e. The van der Waals surface area contributed by atoms with E-state index in [1.54, 1.807) is 24.3 Å². The fourth-order valence-electron chi connectivity index (χ4n) is 0.989. The van der Waals surface area contributed by atoms with Gasteiger partial charge in [-0.15, -0.1) is 11.8 Å². The van der Waals surface area contributed by atoms with Gasteiger partial charge in [0, 0.05) is 10.8 Å². The lowest BCUT2D eigenvalue weighted by molar-refractivity contribution is 0.410. The highest BCUT2D eigenvalue weighted by atomic mass is 35.5. The fraction of sp³-hybridized carbons (Fsp3) is 0.182. The summed E-state index contributed by atoms with van der Waals surface area (Å²) < 4.78 is 4.97. The largest absolute Gasteiger partial charge is 0.493 e. The second-order valence-electron chi connectivity index (χ2n) is 2.79. The quantitative estimate of drug-likeness (QED) is 0.760. The summed E-state index contributed by atoms with van der Waals surface area (Å²) >= 11 is 6.99. The third-order valence-electron chi connectivity index (χ3n) is 1.66. The van der Waals surface area contributed by atoms with E-state index in [1.165, 1.54) is 18.9 Å². The molecule has 0 spiro atoms. The van der Waals surface area contributed by atoms with Crippen molar-refractivity contribution < 1.29 is 4.74 Å². The van der Waals surface area contributed by atoms with E-state index in [2.05, 4.69) is 6.58 Å². The number of thioether (sulfide) groups is 1. The van der Waals surface area contributed by atoms with E-state index in [4.69, 9.17) is 16.3 Å². The molecule has 4 heteroatoms. The molecule has 0 atom stereocenters. The van der Waals surface area contributed by atoms with E-state index in [-0.39, 0.29) is 5.43 Å². The van der Waals surface area contributed by atoms with Gasteiger partial charge in [-0.2, -0.15) is 0 Å². The molecule has 0 saturated carbocycles. The van der Waals surface area contributed by atoms with Gasteiger partial charge in [0.2, 0.25) is 5.43 Å². The Balaban J connectivity index is 3.03. The monoisotopic (exact) mass is 242 g/mol. The minimum absolute atomic E-state index is 0.120. The van der Waals surface area contributed by atoms with E-state index in [0.717, 1.165) is 0 Å². The smallest absolute Gasteiger partial charge is 0.233 e. The maximum atomic E-state index is 11.8. The number of hydrogen-bond donors (Lipinski definition) is 0. The van der Waals surface area contributed by atoms with Crippen LogP contribution in [-0.4, -0.2) is 12.9 Å². The van der Waals surface area contributed by atoms with Crippen LogP contribution < -0.4 is 10.2 Å². The highest BCUT2D eigenvalue weighted by Crippen LogP contribution is 2.19. The summed E-state index contributed by atoms with van der Waals surface area (Å²) in [4.78, 5) is 12.4. The molecule has 0 aliphatic heterocycles. The first-order valence-corrected chi connectivity index (χ1v) is 5.65. The van der Waals surface area contributed by atoms with Crippen LogP contribution in [0.15, 0.2) is 45.6 Å². The van der Waals surface area contributed by atoms with Crippen molar-refractivity contribution in [1.82, 2.24) is 0 Å². The molecule has 2 nitrogen and oxygen atoms in total. The van der Waals surface area contributed by atoms with Crippen LogP contribution in [0.4, 0.5) is 0 Å². The zero-order valence-electron chi connectivity index (χ0n) is 8.33. The molecule has 0 unspecified atom stereocenters. The summed E-state index contributed by atoms with van der Waals surface area (Å²) in [7, 11) is 1.48. The Kier molecular flexibility index (Phi) is 4.72. The number of hydrogen-bond acceptors (Lipinski definition) is 3. The molecule has 1 aromatic carbocycles. The molecule has 15 heavy (non-hydrogen) atoms. The summed E-state index contributed by atoms with van der Waals surface area (Å²) in [6.07, 6.45) is 0. The lowest BCUT2D eigenvalue weighted by Crippen LogP contribution is -2.04. The Morgan fingerprint density at radius 1 is 1.53 bits per heavy atom. The molecule has 0 N–H and O–H groups in total. The average Bonchev–Trinajstić information content (AvgIpc) is 2.37. The van der Waals surface area contributed by atoms with Gasteiger partial charge in [-0.1, -0.05) is 30.3 Å². The van der Waals surface area contributed by atoms with Crippen molar-refractivity contribution in [2.45, 2.75) is 4.90 Å². The van der Waals surface area contributed by atoms with Crippen LogP contribution in [0, 0.1) is 0 Å². The standard InChI is InChI=1S/C11H11ClO2S/c1-8(12)7-15-10-6-4-3-5-9(14-2)11(10)13/h3-6H,1,7H2,2H3. The highest BCUT2D eigenvalue weighted by molar-refractivity contribution is 7.99. The molecule has 0 aliphatic carbocycles. The van der Waals surface area contributed by atoms with Crippen LogP contribution in [0.25, 0.3) is 0 Å². The van der Waals surface area contributed by atoms with Gasteiger partial charge < -0.3 is 4.74 Å². The summed E-state index contributed by atoms with van der Waals surface area (Å²) in [5.74, 6) is 0.854. The molecule has 0 aromatic heterocycles. The van der Waals surface area contributed by atoms with Gasteiger partial charge in [0.25, 0.3) is 0 Å². The van der Waals surface area contributed by atoms with Crippen LogP contribution in [0.3, 0.4) is 0 Å². The maximum absolute atomic E-state index is 11.8. The van der Waals surface area contributed by atoms with E-state index >= 15 is 0 Å². The molecule has 0 fully saturated rings. The van der Waals surface area contributed by atoms with Gasteiger partial charge in [0.1, 0.15) is 0 Å². The highest BCUT2D eigenvalue weighted by Gasteiger charge is 2.03. The Labute approximate surface area is 97.9 Å². The average molecular weight is 243 g/mol. The van der Waals surface area contributed by atoms with Crippen LogP contribution in [0.5, 0.6) is 5.75 Å². The van der Waals surface area contributed by atoms with Crippen molar-refractivity contribution in [1.29, 1.82) is 0 Å². The summed E-state index contributed by atoms with van der Waals surface area (Å²) in [6, 6.07) is 6.94. The second-order valence-corrected chi connectivity index (χ2v) is 4.34. The van der Waals surface area contributed by atoms with E-state index in [1.807, 2.05) is 0 Å². The third kappa shape index (κ3) is 3.61. The Morgan fingerprint density at radius 3 is 2.80 bits per heavy atom. The number of rotatable bonds is 4. The topological polar surface area (TPSA) is 26.3 Å². The Bertz CT molecular complexity index is 418. The maximum Gasteiger partial charge on any atom is 0.233 e. The zero-order chi connectivity index (χ0) is 11.3. The molecule has 0 radical (unpaired) electrons. The molecule has 80 valence electrons. The molecule has 0 aliphatic rings. The van der Waals surface area contributed by atoms with Crippen molar-refractivity contribution >= 4 is 23.4 Å². The van der Waals surface area contributed by atoms with E-state index in [9.17, 15) is 4.79 Å². The molecule has 0 bridgehead atoms. The fourth-order valence-corrected chi connectivity index (χ4v) is 1.87.